The van der Waals surface area contributed by atoms with Gasteiger partial charge in [0, 0.05) is 5.56 Å². The van der Waals surface area contributed by atoms with E-state index in [9.17, 15) is 0 Å². The van der Waals surface area contributed by atoms with Gasteiger partial charge in [-0.05, 0) is 0 Å². The molecule has 5 nitrogen and oxygen atoms in total. The van der Waals surface area contributed by atoms with Crippen LogP contribution < -0.4 is 16.7 Å². The molecule has 16 heavy (non-hydrogen) atoms. The highest BCUT2D eigenvalue weighted by molar-refractivity contribution is 5.78. The first-order chi connectivity index (χ1) is 7.86. The Hall–Kier alpha value is -2.27. The van der Waals surface area contributed by atoms with Gasteiger partial charge in [-0.2, -0.15) is 0 Å². The molecule has 1 aromatic carbocycles. The zero-order valence-electron chi connectivity index (χ0n) is 8.51. The number of nitrogens with one attached hydrogen (secondary N) is 2. The summed E-state index contributed by atoms with van der Waals surface area (Å²) in [6, 6.07) is 10.0. The summed E-state index contributed by atoms with van der Waals surface area (Å²) in [4.78, 5) is 4.01. The first kappa shape index (κ1) is 8.99. The van der Waals surface area contributed by atoms with Crippen molar-refractivity contribution in [2.45, 2.75) is 0 Å². The maximum Gasteiger partial charge on any atom is 0.111 e. The largest absolute Gasteiger partial charge is 0.298 e. The van der Waals surface area contributed by atoms with Crippen LogP contribution in [0.15, 0.2) is 52.9 Å². The summed E-state index contributed by atoms with van der Waals surface area (Å²) < 4.78 is 0. The number of nitrogens with zero attached hydrogens (tertiary/aromatic N) is 2. The molecule has 4 N–H and O–H groups in total. The van der Waals surface area contributed by atoms with Gasteiger partial charge in [0.25, 0.3) is 0 Å². The Morgan fingerprint density at radius 2 is 1.94 bits per heavy atom. The summed E-state index contributed by atoms with van der Waals surface area (Å²) in [5.41, 5.74) is 9.97. The van der Waals surface area contributed by atoms with Gasteiger partial charge in [-0.15, -0.1) is 0 Å². The van der Waals surface area contributed by atoms with Crippen LogP contribution in [-0.4, -0.2) is 11.3 Å². The van der Waals surface area contributed by atoms with E-state index in [1.54, 1.807) is 12.5 Å². The third kappa shape index (κ3) is 1.26. The second-order valence-electron chi connectivity index (χ2n) is 3.55. The van der Waals surface area contributed by atoms with Crippen molar-refractivity contribution < 1.29 is 0 Å². The molecule has 0 amide bonds. The Balaban J connectivity index is 2.12. The van der Waals surface area contributed by atoms with E-state index >= 15 is 0 Å². The fourth-order valence-electron chi connectivity index (χ4n) is 1.80. The molecule has 80 valence electrons. The van der Waals surface area contributed by atoms with E-state index in [-0.39, 0.29) is 0 Å². The number of hydrazine groups is 2. The van der Waals surface area contributed by atoms with Gasteiger partial charge in [0.1, 0.15) is 12.0 Å². The zero-order chi connectivity index (χ0) is 11.0. The van der Waals surface area contributed by atoms with E-state index in [2.05, 4.69) is 15.8 Å². The Kier molecular flexibility index (Phi) is 1.91. The molecule has 5 heteroatoms. The van der Waals surface area contributed by atoms with Crippen molar-refractivity contribution >= 4 is 12.0 Å². The molecule has 2 aliphatic rings. The van der Waals surface area contributed by atoms with E-state index in [0.717, 1.165) is 22.7 Å². The van der Waals surface area contributed by atoms with Crippen LogP contribution in [0.4, 0.5) is 0 Å². The first-order valence-corrected chi connectivity index (χ1v) is 4.96. The molecular weight excluding hydrogens is 202 g/mol. The van der Waals surface area contributed by atoms with Crippen molar-refractivity contribution in [3.05, 3.63) is 53.5 Å². The molecular formula is C11H11N5. The second kappa shape index (κ2) is 3.39. The minimum Gasteiger partial charge on any atom is -0.298 e. The van der Waals surface area contributed by atoms with Crippen molar-refractivity contribution in [3.8, 4) is 0 Å². The molecule has 1 aromatic rings. The Morgan fingerprint density at radius 3 is 2.75 bits per heavy atom. The lowest BCUT2D eigenvalue weighted by molar-refractivity contribution is 0.564. The van der Waals surface area contributed by atoms with E-state index in [1.165, 1.54) is 5.01 Å². The van der Waals surface area contributed by atoms with Gasteiger partial charge >= 0.3 is 0 Å². The SMILES string of the molecule is NN1C=NC=C2NNC(c3ccccc3)=C21. The van der Waals surface area contributed by atoms with E-state index in [1.807, 2.05) is 30.3 Å². The number of hydrogen-bond acceptors (Lipinski definition) is 5. The second-order valence-corrected chi connectivity index (χ2v) is 3.55. The van der Waals surface area contributed by atoms with Gasteiger partial charge < -0.3 is 0 Å². The third-order valence-corrected chi connectivity index (χ3v) is 2.53. The van der Waals surface area contributed by atoms with E-state index in [4.69, 9.17) is 5.84 Å². The van der Waals surface area contributed by atoms with Gasteiger partial charge in [0.05, 0.1) is 17.6 Å². The molecule has 0 aliphatic carbocycles. The number of fused-ring (bicyclic) bond motifs is 1. The standard InChI is InChI=1S/C11H11N5/c12-16-7-13-6-9-11(16)10(15-14-9)8-4-2-1-3-5-8/h1-7,14-15H,12H2. The highest BCUT2D eigenvalue weighted by Crippen LogP contribution is 2.26. The predicted molar refractivity (Wildman–Crippen MR) is 62.2 cm³/mol. The molecule has 2 aliphatic heterocycles. The minimum absolute atomic E-state index is 0.879. The van der Waals surface area contributed by atoms with Crippen molar-refractivity contribution in [3.63, 3.8) is 0 Å². The van der Waals surface area contributed by atoms with E-state index < -0.39 is 0 Å². The summed E-state index contributed by atoms with van der Waals surface area (Å²) in [6.07, 6.45) is 3.32. The van der Waals surface area contributed by atoms with Gasteiger partial charge in [-0.1, -0.05) is 30.3 Å². The van der Waals surface area contributed by atoms with Crippen molar-refractivity contribution in [1.29, 1.82) is 0 Å². The quantitative estimate of drug-likeness (QED) is 0.595. The monoisotopic (exact) mass is 213 g/mol. The van der Waals surface area contributed by atoms with E-state index in [0.29, 0.717) is 0 Å². The van der Waals surface area contributed by atoms with Crippen LogP contribution in [0.2, 0.25) is 0 Å². The van der Waals surface area contributed by atoms with Crippen LogP contribution in [-0.2, 0) is 0 Å². The van der Waals surface area contributed by atoms with Gasteiger partial charge in [-0.3, -0.25) is 15.9 Å². The molecule has 0 radical (unpaired) electrons. The first-order valence-electron chi connectivity index (χ1n) is 4.96. The number of benzene rings is 1. The minimum atomic E-state index is 0.879. The third-order valence-electron chi connectivity index (χ3n) is 2.53. The summed E-state index contributed by atoms with van der Waals surface area (Å²) in [7, 11) is 0. The Bertz CT molecular complexity index is 500. The van der Waals surface area contributed by atoms with Gasteiger partial charge in [0.15, 0.2) is 0 Å². The van der Waals surface area contributed by atoms with Gasteiger partial charge in [-0.25, -0.2) is 10.8 Å². The Labute approximate surface area is 92.9 Å². The molecule has 0 aromatic heterocycles. The predicted octanol–water partition coefficient (Wildman–Crippen LogP) is 0.522. The van der Waals surface area contributed by atoms with Crippen molar-refractivity contribution in [1.82, 2.24) is 15.9 Å². The molecule has 0 fully saturated rings. The van der Waals surface area contributed by atoms with Crippen LogP contribution in [0.1, 0.15) is 5.56 Å². The van der Waals surface area contributed by atoms with Crippen molar-refractivity contribution in [2.75, 3.05) is 0 Å². The van der Waals surface area contributed by atoms with Gasteiger partial charge in [0.2, 0.25) is 0 Å². The summed E-state index contributed by atoms with van der Waals surface area (Å²) in [5.74, 6) is 5.85. The number of aliphatic imine (C=N–C) groups is 1. The number of rotatable bonds is 1. The number of hydrogen-bond donors (Lipinski definition) is 3. The van der Waals surface area contributed by atoms with Crippen molar-refractivity contribution in [2.24, 2.45) is 10.8 Å². The highest BCUT2D eigenvalue weighted by atomic mass is 15.5. The van der Waals surface area contributed by atoms with Crippen LogP contribution in [0.5, 0.6) is 0 Å². The van der Waals surface area contributed by atoms with Crippen LogP contribution >= 0.6 is 0 Å². The smallest absolute Gasteiger partial charge is 0.111 e. The molecule has 0 atom stereocenters. The Morgan fingerprint density at radius 1 is 1.12 bits per heavy atom. The normalized spacial score (nSPS) is 17.8. The lowest BCUT2D eigenvalue weighted by Gasteiger charge is -2.18. The molecule has 0 unspecified atom stereocenters. The number of nitrogens with two attached hydrogens (primary N) is 1. The topological polar surface area (TPSA) is 65.7 Å². The molecule has 2 heterocycles. The maximum atomic E-state index is 5.85. The molecule has 3 rings (SSSR count). The zero-order valence-corrected chi connectivity index (χ0v) is 8.51. The summed E-state index contributed by atoms with van der Waals surface area (Å²) in [6.45, 7) is 0. The fraction of sp³-hybridized carbons (Fsp3) is 0. The van der Waals surface area contributed by atoms with Crippen LogP contribution in [0.3, 0.4) is 0 Å². The molecule has 0 spiro atoms. The molecule has 0 saturated carbocycles. The van der Waals surface area contributed by atoms with Crippen LogP contribution in [0, 0.1) is 0 Å². The average molecular weight is 213 g/mol. The maximum absolute atomic E-state index is 5.85. The molecule has 0 bridgehead atoms. The fourth-order valence-corrected chi connectivity index (χ4v) is 1.80. The molecule has 0 saturated heterocycles. The van der Waals surface area contributed by atoms with Crippen LogP contribution in [0.25, 0.3) is 5.70 Å². The lowest BCUT2D eigenvalue weighted by atomic mass is 10.1. The average Bonchev–Trinajstić information content (AvgIpc) is 2.75. The lowest BCUT2D eigenvalue weighted by Crippen LogP contribution is -2.32. The summed E-state index contributed by atoms with van der Waals surface area (Å²) in [5, 5.41) is 1.50. The highest BCUT2D eigenvalue weighted by Gasteiger charge is 2.25. The summed E-state index contributed by atoms with van der Waals surface area (Å²) >= 11 is 0.